The van der Waals surface area contributed by atoms with Crippen molar-refractivity contribution in [1.29, 1.82) is 0 Å². The average Bonchev–Trinajstić information content (AvgIpc) is 3.01. The molecule has 1 saturated heterocycles. The Morgan fingerprint density at radius 1 is 1.53 bits per heavy atom. The Kier molecular flexibility index (Phi) is 3.40. The van der Waals surface area contributed by atoms with Crippen LogP contribution in [0.3, 0.4) is 0 Å². The lowest BCUT2D eigenvalue weighted by molar-refractivity contribution is 0.528. The van der Waals surface area contributed by atoms with Gasteiger partial charge in [0.2, 0.25) is 0 Å². The van der Waals surface area contributed by atoms with Crippen molar-refractivity contribution < 1.29 is 4.42 Å². The number of fused-ring (bicyclic) bond motifs is 1. The van der Waals surface area contributed by atoms with Gasteiger partial charge in [-0.2, -0.15) is 0 Å². The molecule has 1 aliphatic rings. The van der Waals surface area contributed by atoms with E-state index in [1.54, 1.807) is 11.6 Å². The summed E-state index contributed by atoms with van der Waals surface area (Å²) in [5, 5.41) is 6.89. The SMILES string of the molecule is Cn1c(=O)oc2ccc(CCNC3CCNC3)cc21. The molecule has 2 aromatic rings. The van der Waals surface area contributed by atoms with Gasteiger partial charge in [0.1, 0.15) is 0 Å². The van der Waals surface area contributed by atoms with Gasteiger partial charge in [0.15, 0.2) is 5.58 Å². The molecule has 1 unspecified atom stereocenters. The van der Waals surface area contributed by atoms with Crippen molar-refractivity contribution in [3.05, 3.63) is 34.3 Å². The fourth-order valence-electron chi connectivity index (χ4n) is 2.58. The fourth-order valence-corrected chi connectivity index (χ4v) is 2.58. The van der Waals surface area contributed by atoms with Gasteiger partial charge in [0.25, 0.3) is 0 Å². The van der Waals surface area contributed by atoms with Gasteiger partial charge < -0.3 is 15.1 Å². The van der Waals surface area contributed by atoms with Crippen LogP contribution in [0, 0.1) is 0 Å². The maximum Gasteiger partial charge on any atom is 0.419 e. The van der Waals surface area contributed by atoms with Gasteiger partial charge in [-0.05, 0) is 43.6 Å². The first kappa shape index (κ1) is 12.4. The van der Waals surface area contributed by atoms with Crippen LogP contribution in [0.2, 0.25) is 0 Å². The number of nitrogens with one attached hydrogen (secondary N) is 2. The molecule has 0 amide bonds. The quantitative estimate of drug-likeness (QED) is 0.847. The summed E-state index contributed by atoms with van der Waals surface area (Å²) in [5.74, 6) is -0.303. The number of benzene rings is 1. The smallest absolute Gasteiger partial charge is 0.408 e. The van der Waals surface area contributed by atoms with E-state index in [2.05, 4.69) is 10.6 Å². The molecular weight excluding hydrogens is 242 g/mol. The van der Waals surface area contributed by atoms with Crippen molar-refractivity contribution in [3.8, 4) is 0 Å². The van der Waals surface area contributed by atoms with Crippen LogP contribution in [0.25, 0.3) is 11.1 Å². The monoisotopic (exact) mass is 261 g/mol. The summed E-state index contributed by atoms with van der Waals surface area (Å²) in [7, 11) is 1.74. The molecule has 102 valence electrons. The second-order valence-corrected chi connectivity index (χ2v) is 5.12. The van der Waals surface area contributed by atoms with Gasteiger partial charge in [-0.25, -0.2) is 4.79 Å². The molecule has 1 aromatic heterocycles. The Bertz CT molecular complexity index is 623. The minimum absolute atomic E-state index is 0.303. The van der Waals surface area contributed by atoms with Crippen molar-refractivity contribution in [2.75, 3.05) is 19.6 Å². The number of aryl methyl sites for hydroxylation is 1. The first-order chi connectivity index (χ1) is 9.24. The third kappa shape index (κ3) is 2.57. The summed E-state index contributed by atoms with van der Waals surface area (Å²) < 4.78 is 6.67. The molecule has 5 heteroatoms. The highest BCUT2D eigenvalue weighted by Crippen LogP contribution is 2.14. The Labute approximate surface area is 111 Å². The lowest BCUT2D eigenvalue weighted by atomic mass is 10.1. The highest BCUT2D eigenvalue weighted by atomic mass is 16.4. The normalized spacial score (nSPS) is 19.3. The van der Waals surface area contributed by atoms with Gasteiger partial charge in [-0.3, -0.25) is 4.57 Å². The molecule has 0 spiro atoms. The number of nitrogens with zero attached hydrogens (tertiary/aromatic N) is 1. The zero-order chi connectivity index (χ0) is 13.2. The largest absolute Gasteiger partial charge is 0.419 e. The Balaban J connectivity index is 1.67. The summed E-state index contributed by atoms with van der Waals surface area (Å²) >= 11 is 0. The zero-order valence-corrected chi connectivity index (χ0v) is 11.1. The molecule has 5 nitrogen and oxygen atoms in total. The lowest BCUT2D eigenvalue weighted by Gasteiger charge is -2.10. The zero-order valence-electron chi connectivity index (χ0n) is 11.1. The number of rotatable bonds is 4. The predicted octanol–water partition coefficient (Wildman–Crippen LogP) is 0.625. The van der Waals surface area contributed by atoms with Gasteiger partial charge in [-0.1, -0.05) is 6.07 Å². The number of oxazole rings is 1. The Morgan fingerprint density at radius 3 is 3.21 bits per heavy atom. The van der Waals surface area contributed by atoms with Crippen LogP contribution >= 0.6 is 0 Å². The molecule has 1 fully saturated rings. The first-order valence-corrected chi connectivity index (χ1v) is 6.76. The van der Waals surface area contributed by atoms with Crippen LogP contribution in [0.4, 0.5) is 0 Å². The molecule has 0 bridgehead atoms. The van der Waals surface area contributed by atoms with E-state index in [-0.39, 0.29) is 5.76 Å². The molecular formula is C14H19N3O2. The Morgan fingerprint density at radius 2 is 2.42 bits per heavy atom. The second kappa shape index (κ2) is 5.19. The lowest BCUT2D eigenvalue weighted by Crippen LogP contribution is -2.32. The van der Waals surface area contributed by atoms with E-state index in [0.29, 0.717) is 11.6 Å². The molecule has 19 heavy (non-hydrogen) atoms. The van der Waals surface area contributed by atoms with Crippen molar-refractivity contribution in [3.63, 3.8) is 0 Å². The summed E-state index contributed by atoms with van der Waals surface area (Å²) in [6, 6.07) is 6.54. The van der Waals surface area contributed by atoms with E-state index in [9.17, 15) is 4.79 Å². The van der Waals surface area contributed by atoms with E-state index in [1.807, 2.05) is 18.2 Å². The maximum absolute atomic E-state index is 11.4. The minimum atomic E-state index is -0.303. The highest BCUT2D eigenvalue weighted by Gasteiger charge is 2.13. The molecule has 0 radical (unpaired) electrons. The van der Waals surface area contributed by atoms with Crippen LogP contribution in [0.15, 0.2) is 27.4 Å². The predicted molar refractivity (Wildman–Crippen MR) is 74.4 cm³/mol. The average molecular weight is 261 g/mol. The number of hydrogen-bond acceptors (Lipinski definition) is 4. The van der Waals surface area contributed by atoms with E-state index < -0.39 is 0 Å². The van der Waals surface area contributed by atoms with Crippen LogP contribution in [0.5, 0.6) is 0 Å². The fraction of sp³-hybridized carbons (Fsp3) is 0.500. The Hall–Kier alpha value is -1.59. The highest BCUT2D eigenvalue weighted by molar-refractivity contribution is 5.73. The van der Waals surface area contributed by atoms with Crippen molar-refractivity contribution in [1.82, 2.24) is 15.2 Å². The van der Waals surface area contributed by atoms with E-state index >= 15 is 0 Å². The number of aromatic nitrogens is 1. The summed E-state index contributed by atoms with van der Waals surface area (Å²) in [5.41, 5.74) is 2.75. The van der Waals surface area contributed by atoms with Gasteiger partial charge in [0.05, 0.1) is 5.52 Å². The third-order valence-electron chi connectivity index (χ3n) is 3.76. The van der Waals surface area contributed by atoms with Crippen LogP contribution in [-0.4, -0.2) is 30.2 Å². The van der Waals surface area contributed by atoms with Crippen LogP contribution < -0.4 is 16.4 Å². The van der Waals surface area contributed by atoms with Gasteiger partial charge in [0, 0.05) is 19.6 Å². The van der Waals surface area contributed by atoms with Crippen molar-refractivity contribution in [2.24, 2.45) is 7.05 Å². The molecule has 1 aliphatic heterocycles. The molecule has 1 atom stereocenters. The topological polar surface area (TPSA) is 59.2 Å². The van der Waals surface area contributed by atoms with E-state index in [0.717, 1.165) is 31.6 Å². The molecule has 2 N–H and O–H groups in total. The first-order valence-electron chi connectivity index (χ1n) is 6.76. The molecule has 0 saturated carbocycles. The van der Waals surface area contributed by atoms with E-state index in [1.165, 1.54) is 12.0 Å². The summed E-state index contributed by atoms with van der Waals surface area (Å²) in [4.78, 5) is 11.4. The minimum Gasteiger partial charge on any atom is -0.408 e. The van der Waals surface area contributed by atoms with Gasteiger partial charge >= 0.3 is 5.76 Å². The van der Waals surface area contributed by atoms with Crippen LogP contribution in [0.1, 0.15) is 12.0 Å². The molecule has 0 aliphatic carbocycles. The maximum atomic E-state index is 11.4. The number of hydrogen-bond donors (Lipinski definition) is 2. The molecule has 1 aromatic carbocycles. The van der Waals surface area contributed by atoms with Gasteiger partial charge in [-0.15, -0.1) is 0 Å². The van der Waals surface area contributed by atoms with Crippen molar-refractivity contribution in [2.45, 2.75) is 18.9 Å². The van der Waals surface area contributed by atoms with Crippen molar-refractivity contribution >= 4 is 11.1 Å². The van der Waals surface area contributed by atoms with Crippen LogP contribution in [-0.2, 0) is 13.5 Å². The summed E-state index contributed by atoms with van der Waals surface area (Å²) in [6.07, 6.45) is 2.17. The standard InChI is InChI=1S/C14H19N3O2/c1-17-12-8-10(2-3-13(12)19-14(17)18)4-7-16-11-5-6-15-9-11/h2-3,8,11,15-16H,4-7,9H2,1H3. The molecule has 2 heterocycles. The summed E-state index contributed by atoms with van der Waals surface area (Å²) in [6.45, 7) is 3.14. The third-order valence-corrected chi connectivity index (χ3v) is 3.76. The van der Waals surface area contributed by atoms with E-state index in [4.69, 9.17) is 4.42 Å². The second-order valence-electron chi connectivity index (χ2n) is 5.12. The molecule has 3 rings (SSSR count).